The molecule has 0 saturated heterocycles. The second kappa shape index (κ2) is 4.71. The van der Waals surface area contributed by atoms with Gasteiger partial charge < -0.3 is 10.1 Å². The number of nitrogens with zero attached hydrogens (tertiary/aromatic N) is 2. The van der Waals surface area contributed by atoms with Crippen LogP contribution in [0.2, 0.25) is 0 Å². The summed E-state index contributed by atoms with van der Waals surface area (Å²) in [6.45, 7) is 2.55. The van der Waals surface area contributed by atoms with Crippen molar-refractivity contribution in [3.8, 4) is 11.8 Å². The van der Waals surface area contributed by atoms with E-state index < -0.39 is 0 Å². The van der Waals surface area contributed by atoms with Crippen LogP contribution in [-0.4, -0.2) is 18.6 Å². The summed E-state index contributed by atoms with van der Waals surface area (Å²) in [4.78, 5) is 4.24. The largest absolute Gasteiger partial charge is 0.494 e. The maximum Gasteiger partial charge on any atom is 0.120 e. The van der Waals surface area contributed by atoms with Crippen molar-refractivity contribution >= 4 is 16.6 Å². The molecule has 0 radical (unpaired) electrons. The molecule has 1 N–H and O–H groups in total. The molecule has 2 rings (SSSR count). The molecule has 1 aromatic carbocycles. The Morgan fingerprint density at radius 1 is 1.47 bits per heavy atom. The van der Waals surface area contributed by atoms with Crippen molar-refractivity contribution in [1.29, 1.82) is 5.26 Å². The van der Waals surface area contributed by atoms with Crippen molar-refractivity contribution in [2.24, 2.45) is 0 Å². The number of fused-ring (bicyclic) bond motifs is 1. The molecule has 1 aromatic heterocycles. The first-order valence-corrected chi connectivity index (χ1v) is 5.43. The minimum Gasteiger partial charge on any atom is -0.494 e. The van der Waals surface area contributed by atoms with Gasteiger partial charge in [0, 0.05) is 18.6 Å². The average Bonchev–Trinajstić information content (AvgIpc) is 2.37. The van der Waals surface area contributed by atoms with Crippen LogP contribution in [0.5, 0.6) is 5.75 Å². The molecule has 0 atom stereocenters. The van der Waals surface area contributed by atoms with Gasteiger partial charge >= 0.3 is 0 Å². The molecule has 0 aliphatic heterocycles. The Hall–Kier alpha value is -2.28. The zero-order chi connectivity index (χ0) is 12.3. The number of hydrogen-bond donors (Lipinski definition) is 1. The summed E-state index contributed by atoms with van der Waals surface area (Å²) in [5, 5.41) is 13.0. The van der Waals surface area contributed by atoms with Crippen LogP contribution in [0.4, 0.5) is 5.69 Å². The topological polar surface area (TPSA) is 57.9 Å². The molecule has 0 bridgehead atoms. The van der Waals surface area contributed by atoms with Gasteiger partial charge in [0.05, 0.1) is 23.4 Å². The number of hydrogen-bond acceptors (Lipinski definition) is 4. The number of anilines is 1. The van der Waals surface area contributed by atoms with Crippen LogP contribution in [0.25, 0.3) is 10.9 Å². The maximum atomic E-state index is 9.02. The number of benzene rings is 1. The number of aromatic nitrogens is 1. The SMILES string of the molecule is CCOc1ccc2ncc(C#N)c(NC)c2c1. The van der Waals surface area contributed by atoms with Crippen LogP contribution >= 0.6 is 0 Å². The molecule has 2 aromatic rings. The number of ether oxygens (including phenoxy) is 1. The summed E-state index contributed by atoms with van der Waals surface area (Å²) in [6, 6.07) is 7.80. The number of pyridine rings is 1. The summed E-state index contributed by atoms with van der Waals surface area (Å²) < 4.78 is 5.45. The predicted molar refractivity (Wildman–Crippen MR) is 67.2 cm³/mol. The lowest BCUT2D eigenvalue weighted by atomic mass is 10.1. The summed E-state index contributed by atoms with van der Waals surface area (Å²) in [5.41, 5.74) is 2.17. The fourth-order valence-corrected chi connectivity index (χ4v) is 1.78. The molecule has 0 spiro atoms. The van der Waals surface area contributed by atoms with Crippen LogP contribution in [0.3, 0.4) is 0 Å². The number of nitriles is 1. The monoisotopic (exact) mass is 227 g/mol. The Morgan fingerprint density at radius 3 is 2.94 bits per heavy atom. The van der Waals surface area contributed by atoms with Crippen molar-refractivity contribution in [1.82, 2.24) is 4.98 Å². The Labute approximate surface area is 99.8 Å². The normalized spacial score (nSPS) is 9.94. The van der Waals surface area contributed by atoms with Gasteiger partial charge in [-0.1, -0.05) is 0 Å². The van der Waals surface area contributed by atoms with E-state index in [2.05, 4.69) is 16.4 Å². The lowest BCUT2D eigenvalue weighted by Gasteiger charge is -2.09. The smallest absolute Gasteiger partial charge is 0.120 e. The van der Waals surface area contributed by atoms with Crippen LogP contribution in [0, 0.1) is 11.3 Å². The van der Waals surface area contributed by atoms with Crippen molar-refractivity contribution in [3.05, 3.63) is 30.0 Å². The van der Waals surface area contributed by atoms with Crippen LogP contribution in [-0.2, 0) is 0 Å². The first-order valence-electron chi connectivity index (χ1n) is 5.43. The molecule has 0 unspecified atom stereocenters. The Morgan fingerprint density at radius 2 is 2.29 bits per heavy atom. The Kier molecular flexibility index (Phi) is 3.10. The highest BCUT2D eigenvalue weighted by Crippen LogP contribution is 2.28. The second-order valence-corrected chi connectivity index (χ2v) is 3.52. The fraction of sp³-hybridized carbons (Fsp3) is 0.231. The number of nitrogens with one attached hydrogen (secondary N) is 1. The summed E-state index contributed by atoms with van der Waals surface area (Å²) >= 11 is 0. The average molecular weight is 227 g/mol. The Bertz CT molecular complexity index is 587. The van der Waals surface area contributed by atoms with E-state index in [9.17, 15) is 0 Å². The molecular weight excluding hydrogens is 214 g/mol. The zero-order valence-corrected chi connectivity index (χ0v) is 9.82. The molecule has 0 aliphatic carbocycles. The minimum atomic E-state index is 0.536. The van der Waals surface area contributed by atoms with Gasteiger partial charge in [-0.2, -0.15) is 5.26 Å². The number of rotatable bonds is 3. The first-order chi connectivity index (χ1) is 8.30. The standard InChI is InChI=1S/C13H13N3O/c1-3-17-10-4-5-12-11(6-10)13(15-2)9(7-14)8-16-12/h4-6,8H,3H2,1-2H3,(H,15,16). The van der Waals surface area contributed by atoms with Gasteiger partial charge in [-0.25, -0.2) is 0 Å². The second-order valence-electron chi connectivity index (χ2n) is 3.52. The summed E-state index contributed by atoms with van der Waals surface area (Å²) in [7, 11) is 1.79. The van der Waals surface area contributed by atoms with E-state index in [4.69, 9.17) is 10.00 Å². The highest BCUT2D eigenvalue weighted by atomic mass is 16.5. The van der Waals surface area contributed by atoms with Crippen molar-refractivity contribution in [2.75, 3.05) is 19.0 Å². The van der Waals surface area contributed by atoms with E-state index in [1.807, 2.05) is 25.1 Å². The molecule has 0 saturated carbocycles. The maximum absolute atomic E-state index is 9.02. The van der Waals surface area contributed by atoms with Gasteiger partial charge in [-0.15, -0.1) is 0 Å². The molecule has 0 aliphatic rings. The van der Waals surface area contributed by atoms with Crippen LogP contribution in [0.15, 0.2) is 24.4 Å². The van der Waals surface area contributed by atoms with Gasteiger partial charge in [0.1, 0.15) is 11.8 Å². The molecular formula is C13H13N3O. The highest BCUT2D eigenvalue weighted by molar-refractivity contribution is 5.94. The van der Waals surface area contributed by atoms with Crippen molar-refractivity contribution in [2.45, 2.75) is 6.92 Å². The van der Waals surface area contributed by atoms with Gasteiger partial charge in [0.15, 0.2) is 0 Å². The van der Waals surface area contributed by atoms with Crippen LogP contribution in [0.1, 0.15) is 12.5 Å². The Balaban J connectivity index is 2.68. The summed E-state index contributed by atoms with van der Waals surface area (Å²) in [5.74, 6) is 0.786. The lowest BCUT2D eigenvalue weighted by molar-refractivity contribution is 0.340. The molecule has 0 fully saturated rings. The fourth-order valence-electron chi connectivity index (χ4n) is 1.78. The zero-order valence-electron chi connectivity index (χ0n) is 9.82. The van der Waals surface area contributed by atoms with E-state index in [1.165, 1.54) is 0 Å². The van der Waals surface area contributed by atoms with Crippen molar-refractivity contribution < 1.29 is 4.74 Å². The molecule has 4 nitrogen and oxygen atoms in total. The van der Waals surface area contributed by atoms with E-state index in [0.29, 0.717) is 12.2 Å². The third-order valence-corrected chi connectivity index (χ3v) is 2.52. The van der Waals surface area contributed by atoms with E-state index in [1.54, 1.807) is 13.2 Å². The predicted octanol–water partition coefficient (Wildman–Crippen LogP) is 2.55. The highest BCUT2D eigenvalue weighted by Gasteiger charge is 2.08. The van der Waals surface area contributed by atoms with Gasteiger partial charge in [0.2, 0.25) is 0 Å². The summed E-state index contributed by atoms with van der Waals surface area (Å²) in [6.07, 6.45) is 1.58. The van der Waals surface area contributed by atoms with Gasteiger partial charge in [-0.05, 0) is 25.1 Å². The molecule has 86 valence electrons. The van der Waals surface area contributed by atoms with Gasteiger partial charge in [-0.3, -0.25) is 4.98 Å². The van der Waals surface area contributed by atoms with Crippen LogP contribution < -0.4 is 10.1 Å². The van der Waals surface area contributed by atoms with E-state index in [-0.39, 0.29) is 0 Å². The quantitative estimate of drug-likeness (QED) is 0.875. The van der Waals surface area contributed by atoms with E-state index >= 15 is 0 Å². The third-order valence-electron chi connectivity index (χ3n) is 2.52. The lowest BCUT2D eigenvalue weighted by Crippen LogP contribution is -1.97. The molecule has 4 heteroatoms. The third kappa shape index (κ3) is 2.00. The van der Waals surface area contributed by atoms with Gasteiger partial charge in [0.25, 0.3) is 0 Å². The van der Waals surface area contributed by atoms with Crippen molar-refractivity contribution in [3.63, 3.8) is 0 Å². The molecule has 17 heavy (non-hydrogen) atoms. The minimum absolute atomic E-state index is 0.536. The first kappa shape index (κ1) is 11.2. The molecule has 1 heterocycles. The van der Waals surface area contributed by atoms with E-state index in [0.717, 1.165) is 22.3 Å². The molecule has 0 amide bonds.